The summed E-state index contributed by atoms with van der Waals surface area (Å²) in [7, 11) is 0. The number of carbonyl (C=O) groups is 1. The lowest BCUT2D eigenvalue weighted by atomic mass is 10.3. The molecular formula is C8H6N4O2S2. The molecule has 0 saturated carbocycles. The topological polar surface area (TPSA) is 102 Å². The van der Waals surface area contributed by atoms with Crippen LogP contribution in [0.5, 0.6) is 0 Å². The fourth-order valence-corrected chi connectivity index (χ4v) is 2.44. The van der Waals surface area contributed by atoms with E-state index in [-0.39, 0.29) is 5.56 Å². The van der Waals surface area contributed by atoms with E-state index >= 15 is 0 Å². The first kappa shape index (κ1) is 10.8. The molecule has 0 aliphatic rings. The zero-order valence-electron chi connectivity index (χ0n) is 7.82. The quantitative estimate of drug-likeness (QED) is 0.852. The number of aromatic nitrogens is 3. The number of hydrogen-bond donors (Lipinski definition) is 2. The number of aromatic carboxylic acids is 1. The molecule has 16 heavy (non-hydrogen) atoms. The number of anilines is 1. The number of rotatable bonds is 3. The maximum atomic E-state index is 10.6. The maximum absolute atomic E-state index is 10.6. The van der Waals surface area contributed by atoms with Crippen LogP contribution in [-0.4, -0.2) is 26.3 Å². The van der Waals surface area contributed by atoms with E-state index in [2.05, 4.69) is 15.2 Å². The van der Waals surface area contributed by atoms with Crippen LogP contribution < -0.4 is 5.73 Å². The molecular weight excluding hydrogens is 248 g/mol. The van der Waals surface area contributed by atoms with Gasteiger partial charge >= 0.3 is 5.97 Å². The third kappa shape index (κ3) is 2.47. The number of hydrogen-bond acceptors (Lipinski definition) is 7. The molecule has 8 heteroatoms. The fourth-order valence-electron chi connectivity index (χ4n) is 0.918. The number of nitrogens with zero attached hydrogens (tertiary/aromatic N) is 3. The van der Waals surface area contributed by atoms with Gasteiger partial charge in [0, 0.05) is 6.20 Å². The zero-order chi connectivity index (χ0) is 11.5. The second-order valence-electron chi connectivity index (χ2n) is 2.70. The fraction of sp³-hybridized carbons (Fsp3) is 0. The van der Waals surface area contributed by atoms with Gasteiger partial charge in [0.25, 0.3) is 0 Å². The first-order chi connectivity index (χ1) is 7.65. The Bertz CT molecular complexity index is 511. The largest absolute Gasteiger partial charge is 0.478 e. The van der Waals surface area contributed by atoms with E-state index < -0.39 is 5.97 Å². The minimum absolute atomic E-state index is 0.154. The van der Waals surface area contributed by atoms with E-state index in [4.69, 9.17) is 10.8 Å². The van der Waals surface area contributed by atoms with Gasteiger partial charge in [-0.2, -0.15) is 0 Å². The van der Waals surface area contributed by atoms with Crippen molar-refractivity contribution < 1.29 is 9.90 Å². The highest BCUT2D eigenvalue weighted by molar-refractivity contribution is 8.01. The minimum Gasteiger partial charge on any atom is -0.478 e. The normalized spacial score (nSPS) is 10.2. The molecule has 0 unspecified atom stereocenters. The molecule has 0 amide bonds. The average Bonchev–Trinajstić information content (AvgIpc) is 2.65. The first-order valence-electron chi connectivity index (χ1n) is 4.11. The van der Waals surface area contributed by atoms with Gasteiger partial charge in [-0.1, -0.05) is 11.3 Å². The molecule has 0 spiro atoms. The van der Waals surface area contributed by atoms with Crippen molar-refractivity contribution in [3.63, 3.8) is 0 Å². The van der Waals surface area contributed by atoms with Crippen LogP contribution in [0.1, 0.15) is 10.4 Å². The SMILES string of the molecule is Nc1nnc(Sc2ccc(C(=O)O)cn2)s1. The van der Waals surface area contributed by atoms with Gasteiger partial charge in [-0.25, -0.2) is 9.78 Å². The molecule has 0 aliphatic carbocycles. The Kier molecular flexibility index (Phi) is 3.02. The van der Waals surface area contributed by atoms with Gasteiger partial charge in [-0.05, 0) is 23.9 Å². The Morgan fingerprint density at radius 2 is 2.25 bits per heavy atom. The molecule has 0 bridgehead atoms. The molecule has 2 rings (SSSR count). The van der Waals surface area contributed by atoms with Crippen LogP contribution in [0.15, 0.2) is 27.7 Å². The zero-order valence-corrected chi connectivity index (χ0v) is 9.46. The van der Waals surface area contributed by atoms with E-state index in [1.807, 2.05) is 0 Å². The lowest BCUT2D eigenvalue weighted by Crippen LogP contribution is -1.96. The van der Waals surface area contributed by atoms with Gasteiger partial charge < -0.3 is 10.8 Å². The maximum Gasteiger partial charge on any atom is 0.337 e. The summed E-state index contributed by atoms with van der Waals surface area (Å²) in [6.07, 6.45) is 1.30. The third-order valence-electron chi connectivity index (χ3n) is 1.60. The van der Waals surface area contributed by atoms with Crippen molar-refractivity contribution in [3.8, 4) is 0 Å². The van der Waals surface area contributed by atoms with Crippen LogP contribution in [0.2, 0.25) is 0 Å². The van der Waals surface area contributed by atoms with Crippen molar-refractivity contribution in [2.24, 2.45) is 0 Å². The van der Waals surface area contributed by atoms with E-state index in [0.717, 1.165) is 0 Å². The number of nitrogen functional groups attached to an aromatic ring is 1. The molecule has 6 nitrogen and oxygen atoms in total. The molecule has 2 heterocycles. The van der Waals surface area contributed by atoms with Crippen LogP contribution in [0, 0.1) is 0 Å². The lowest BCUT2D eigenvalue weighted by Gasteiger charge is -1.96. The monoisotopic (exact) mass is 254 g/mol. The van der Waals surface area contributed by atoms with E-state index in [0.29, 0.717) is 14.5 Å². The van der Waals surface area contributed by atoms with Gasteiger partial charge in [0.05, 0.1) is 5.56 Å². The first-order valence-corrected chi connectivity index (χ1v) is 5.74. The summed E-state index contributed by atoms with van der Waals surface area (Å²) < 4.78 is 0.674. The number of carboxylic acid groups (broad SMARTS) is 1. The Morgan fingerprint density at radius 1 is 1.44 bits per heavy atom. The van der Waals surface area contributed by atoms with Crippen molar-refractivity contribution in [3.05, 3.63) is 23.9 Å². The molecule has 0 saturated heterocycles. The van der Waals surface area contributed by atoms with E-state index in [1.54, 1.807) is 6.07 Å². The van der Waals surface area contributed by atoms with Gasteiger partial charge in [-0.3, -0.25) is 0 Å². The van der Waals surface area contributed by atoms with Crippen molar-refractivity contribution in [2.45, 2.75) is 9.37 Å². The Labute approximate surface area is 98.5 Å². The average molecular weight is 254 g/mol. The molecule has 0 aromatic carbocycles. The third-order valence-corrected chi connectivity index (χ3v) is 3.35. The lowest BCUT2D eigenvalue weighted by molar-refractivity contribution is 0.0696. The molecule has 3 N–H and O–H groups in total. The predicted molar refractivity (Wildman–Crippen MR) is 59.6 cm³/mol. The highest BCUT2D eigenvalue weighted by Crippen LogP contribution is 2.29. The van der Waals surface area contributed by atoms with E-state index in [1.165, 1.54) is 35.4 Å². The number of pyridine rings is 1. The molecule has 2 aromatic rings. The van der Waals surface area contributed by atoms with Crippen molar-refractivity contribution in [1.82, 2.24) is 15.2 Å². The molecule has 0 aliphatic heterocycles. The van der Waals surface area contributed by atoms with Gasteiger partial charge in [0.1, 0.15) is 5.03 Å². The summed E-state index contributed by atoms with van der Waals surface area (Å²) in [5.74, 6) is -0.996. The van der Waals surface area contributed by atoms with Crippen molar-refractivity contribution >= 4 is 34.2 Å². The summed E-state index contributed by atoms with van der Waals surface area (Å²) in [5.41, 5.74) is 5.58. The van der Waals surface area contributed by atoms with Crippen molar-refractivity contribution in [2.75, 3.05) is 5.73 Å². The molecule has 0 fully saturated rings. The summed E-state index contributed by atoms with van der Waals surface area (Å²) >= 11 is 2.54. The standard InChI is InChI=1S/C8H6N4O2S2/c9-7-11-12-8(16-7)15-5-2-1-4(3-10-5)6(13)14/h1-3H,(H2,9,11)(H,13,14). The van der Waals surface area contributed by atoms with Crippen LogP contribution >= 0.6 is 23.1 Å². The molecule has 2 aromatic heterocycles. The second kappa shape index (κ2) is 4.45. The summed E-state index contributed by atoms with van der Waals surface area (Å²) in [6, 6.07) is 3.10. The van der Waals surface area contributed by atoms with Gasteiger partial charge in [-0.15, -0.1) is 10.2 Å². The van der Waals surface area contributed by atoms with Crippen molar-refractivity contribution in [1.29, 1.82) is 0 Å². The highest BCUT2D eigenvalue weighted by atomic mass is 32.2. The van der Waals surface area contributed by atoms with Crippen LogP contribution in [0.3, 0.4) is 0 Å². The summed E-state index contributed by atoms with van der Waals surface area (Å²) in [4.78, 5) is 14.6. The van der Waals surface area contributed by atoms with Gasteiger partial charge in [0.15, 0.2) is 4.34 Å². The molecule has 82 valence electrons. The number of nitrogens with two attached hydrogens (primary N) is 1. The van der Waals surface area contributed by atoms with Gasteiger partial charge in [0.2, 0.25) is 5.13 Å². The highest BCUT2D eigenvalue weighted by Gasteiger charge is 2.06. The Morgan fingerprint density at radius 3 is 2.75 bits per heavy atom. The van der Waals surface area contributed by atoms with Crippen LogP contribution in [0.25, 0.3) is 0 Å². The molecule has 0 radical (unpaired) electrons. The minimum atomic E-state index is -0.996. The predicted octanol–water partition coefficient (Wildman–Crippen LogP) is 1.36. The van der Waals surface area contributed by atoms with Crippen LogP contribution in [0.4, 0.5) is 5.13 Å². The second-order valence-corrected chi connectivity index (χ2v) is 4.98. The van der Waals surface area contributed by atoms with E-state index in [9.17, 15) is 4.79 Å². The Balaban J connectivity index is 2.14. The summed E-state index contributed by atoms with van der Waals surface area (Å²) in [5, 5.41) is 17.2. The molecule has 0 atom stereocenters. The number of carboxylic acids is 1. The smallest absolute Gasteiger partial charge is 0.337 e. The summed E-state index contributed by atoms with van der Waals surface area (Å²) in [6.45, 7) is 0. The van der Waals surface area contributed by atoms with Crippen LogP contribution in [-0.2, 0) is 0 Å². The Hall–Kier alpha value is -1.67.